The van der Waals surface area contributed by atoms with Gasteiger partial charge in [0.05, 0.1) is 18.5 Å². The van der Waals surface area contributed by atoms with Crippen LogP contribution in [0.25, 0.3) is 0 Å². The fourth-order valence-corrected chi connectivity index (χ4v) is 2.01. The zero-order valence-electron chi connectivity index (χ0n) is 8.28. The van der Waals surface area contributed by atoms with Crippen molar-refractivity contribution < 1.29 is 13.2 Å². The third-order valence-corrected chi connectivity index (χ3v) is 6.87. The summed E-state index contributed by atoms with van der Waals surface area (Å²) in [7, 11) is -0.412. The van der Waals surface area contributed by atoms with Crippen molar-refractivity contribution in [2.45, 2.75) is 27.5 Å². The largest absolute Gasteiger partial charge is 0.379 e. The Bertz CT molecular complexity index is 81.3. The first kappa shape index (κ1) is 14.7. The van der Waals surface area contributed by atoms with E-state index in [1.165, 1.54) is 18.5 Å². The van der Waals surface area contributed by atoms with Gasteiger partial charge >= 0.3 is 6.68 Å². The molecular formula is C8H19F3P+. The van der Waals surface area contributed by atoms with Crippen LogP contribution in [0.3, 0.4) is 0 Å². The first-order valence-corrected chi connectivity index (χ1v) is 6.96. The highest BCUT2D eigenvalue weighted by atomic mass is 31.2. The number of alkyl halides is 3. The smallest absolute Gasteiger partial charge is 0.174 e. The van der Waals surface area contributed by atoms with Gasteiger partial charge in [-0.1, -0.05) is 0 Å². The van der Waals surface area contributed by atoms with Gasteiger partial charge in [0.15, 0.2) is 0 Å². The third kappa shape index (κ3) is 10.2. The number of hydrogen-bond acceptors (Lipinski definition) is 0. The molecule has 0 aromatic carbocycles. The van der Waals surface area contributed by atoms with Crippen molar-refractivity contribution in [1.29, 1.82) is 0 Å². The molecule has 0 rings (SSSR count). The highest BCUT2D eigenvalue weighted by Crippen LogP contribution is 2.53. The molecule has 4 heteroatoms. The van der Waals surface area contributed by atoms with Gasteiger partial charge in [-0.25, -0.2) is 0 Å². The average molecular weight is 203 g/mol. The second-order valence-corrected chi connectivity index (χ2v) is 7.95. The Hall–Kier alpha value is 0.220. The minimum atomic E-state index is -3.67. The number of hydrogen-bond donors (Lipinski definition) is 0. The standard InChI is InChI=1S/C7H18P.CHF3/c1-5-8(4,6-2)7-3;2-1(3)4/h5-7H2,1-4H3;1H/q+1;. The fraction of sp³-hybridized carbons (Fsp3) is 1.00. The highest BCUT2D eigenvalue weighted by Gasteiger charge is 2.22. The van der Waals surface area contributed by atoms with Crippen LogP contribution < -0.4 is 0 Å². The van der Waals surface area contributed by atoms with Gasteiger partial charge in [0.2, 0.25) is 0 Å². The third-order valence-electron chi connectivity index (χ3n) is 2.29. The number of rotatable bonds is 3. The zero-order valence-corrected chi connectivity index (χ0v) is 9.17. The van der Waals surface area contributed by atoms with Gasteiger partial charge in [-0.15, -0.1) is 0 Å². The van der Waals surface area contributed by atoms with Gasteiger partial charge in [0.1, 0.15) is 0 Å². The summed E-state index contributed by atoms with van der Waals surface area (Å²) >= 11 is 0. The van der Waals surface area contributed by atoms with Crippen molar-refractivity contribution in [3.8, 4) is 0 Å². The molecule has 0 bridgehead atoms. The van der Waals surface area contributed by atoms with Crippen molar-refractivity contribution in [3.05, 3.63) is 0 Å². The normalized spacial score (nSPS) is 11.0. The van der Waals surface area contributed by atoms with E-state index in [0.717, 1.165) is 0 Å². The molecule has 0 aliphatic rings. The van der Waals surface area contributed by atoms with Crippen LogP contribution in [-0.2, 0) is 0 Å². The minimum Gasteiger partial charge on any atom is -0.174 e. The van der Waals surface area contributed by atoms with Crippen LogP contribution in [0.2, 0.25) is 0 Å². The summed E-state index contributed by atoms with van der Waals surface area (Å²) in [5.41, 5.74) is 0. The van der Waals surface area contributed by atoms with Gasteiger partial charge in [-0.3, -0.25) is 0 Å². The first-order chi connectivity index (χ1) is 5.41. The summed E-state index contributed by atoms with van der Waals surface area (Å²) in [6.45, 7) is 5.76. The van der Waals surface area contributed by atoms with E-state index in [4.69, 9.17) is 0 Å². The van der Waals surface area contributed by atoms with E-state index in [0.29, 0.717) is 0 Å². The quantitative estimate of drug-likeness (QED) is 0.611. The van der Waals surface area contributed by atoms with Gasteiger partial charge in [0.25, 0.3) is 0 Å². The molecule has 0 saturated carbocycles. The molecule has 0 N–H and O–H groups in total. The second kappa shape index (κ2) is 7.85. The lowest BCUT2D eigenvalue weighted by Gasteiger charge is -2.16. The molecule has 0 aromatic rings. The molecule has 0 atom stereocenters. The van der Waals surface area contributed by atoms with E-state index >= 15 is 0 Å². The maximum Gasteiger partial charge on any atom is 0.379 e. The van der Waals surface area contributed by atoms with Crippen LogP contribution in [0, 0.1) is 0 Å². The van der Waals surface area contributed by atoms with Crippen LogP contribution in [0.1, 0.15) is 20.8 Å². The summed E-state index contributed by atoms with van der Waals surface area (Å²) in [4.78, 5) is 0. The predicted octanol–water partition coefficient (Wildman–Crippen LogP) is 3.87. The maximum atomic E-state index is 9.67. The lowest BCUT2D eigenvalue weighted by molar-refractivity contribution is 0.00819. The molecular weight excluding hydrogens is 184 g/mol. The zero-order chi connectivity index (χ0) is 10.2. The molecule has 0 radical (unpaired) electrons. The molecule has 0 spiro atoms. The molecule has 0 heterocycles. The van der Waals surface area contributed by atoms with E-state index in [1.54, 1.807) is 0 Å². The van der Waals surface area contributed by atoms with E-state index in [-0.39, 0.29) is 0 Å². The van der Waals surface area contributed by atoms with Crippen molar-refractivity contribution in [2.75, 3.05) is 25.2 Å². The lowest BCUT2D eigenvalue weighted by atomic mass is 10.9. The molecule has 0 aromatic heterocycles. The maximum absolute atomic E-state index is 9.67. The predicted molar refractivity (Wildman–Crippen MR) is 51.6 cm³/mol. The van der Waals surface area contributed by atoms with Gasteiger partial charge in [-0.05, 0) is 20.8 Å². The molecule has 0 fully saturated rings. The van der Waals surface area contributed by atoms with Crippen molar-refractivity contribution in [1.82, 2.24) is 0 Å². The highest BCUT2D eigenvalue weighted by molar-refractivity contribution is 7.75. The molecule has 0 saturated heterocycles. The van der Waals surface area contributed by atoms with Crippen molar-refractivity contribution >= 4 is 7.26 Å². The minimum absolute atomic E-state index is 0.412. The van der Waals surface area contributed by atoms with Crippen LogP contribution in [0.15, 0.2) is 0 Å². The second-order valence-electron chi connectivity index (χ2n) is 2.82. The first-order valence-electron chi connectivity index (χ1n) is 4.17. The SMILES string of the molecule is CC[P+](C)(CC)CC.FC(F)F. The van der Waals surface area contributed by atoms with Crippen molar-refractivity contribution in [3.63, 3.8) is 0 Å². The Morgan fingerprint density at radius 2 is 1.08 bits per heavy atom. The topological polar surface area (TPSA) is 0 Å². The molecule has 0 aliphatic carbocycles. The van der Waals surface area contributed by atoms with Gasteiger partial charge < -0.3 is 0 Å². The average Bonchev–Trinajstić information content (AvgIpc) is 2.02. The molecule has 0 amide bonds. The van der Waals surface area contributed by atoms with Crippen LogP contribution in [-0.4, -0.2) is 31.8 Å². The Labute approximate surface area is 73.9 Å². The molecule has 0 nitrogen and oxygen atoms in total. The summed E-state index contributed by atoms with van der Waals surface area (Å²) in [5.74, 6) is 0. The number of halogens is 3. The monoisotopic (exact) mass is 203 g/mol. The van der Waals surface area contributed by atoms with Crippen molar-refractivity contribution in [2.24, 2.45) is 0 Å². The lowest BCUT2D eigenvalue weighted by Crippen LogP contribution is -1.98. The van der Waals surface area contributed by atoms with Gasteiger partial charge in [-0.2, -0.15) is 13.2 Å². The summed E-state index contributed by atoms with van der Waals surface area (Å²) in [6, 6.07) is 0. The van der Waals surface area contributed by atoms with Crippen LogP contribution >= 0.6 is 7.26 Å². The van der Waals surface area contributed by atoms with Crippen LogP contribution in [0.5, 0.6) is 0 Å². The van der Waals surface area contributed by atoms with E-state index < -0.39 is 13.9 Å². The van der Waals surface area contributed by atoms with E-state index in [2.05, 4.69) is 27.4 Å². The van der Waals surface area contributed by atoms with E-state index in [1.807, 2.05) is 0 Å². The molecule has 12 heavy (non-hydrogen) atoms. The summed E-state index contributed by atoms with van der Waals surface area (Å²) in [5, 5.41) is 0. The van der Waals surface area contributed by atoms with E-state index in [9.17, 15) is 13.2 Å². The summed E-state index contributed by atoms with van der Waals surface area (Å²) < 4.78 is 29.0. The molecule has 76 valence electrons. The molecule has 0 aliphatic heterocycles. The fourth-order valence-electron chi connectivity index (χ4n) is 0.671. The molecule has 0 unspecified atom stereocenters. The Morgan fingerprint density at radius 1 is 0.917 bits per heavy atom. The van der Waals surface area contributed by atoms with Gasteiger partial charge in [0, 0.05) is 13.9 Å². The summed E-state index contributed by atoms with van der Waals surface area (Å²) in [6.07, 6.45) is 4.29. The van der Waals surface area contributed by atoms with Crippen LogP contribution in [0.4, 0.5) is 13.2 Å². The Kier molecular flexibility index (Phi) is 9.63. The Balaban J connectivity index is 0. The Morgan fingerprint density at radius 3 is 1.08 bits per heavy atom.